The van der Waals surface area contributed by atoms with Crippen molar-refractivity contribution in [3.63, 3.8) is 0 Å². The summed E-state index contributed by atoms with van der Waals surface area (Å²) in [6.45, 7) is 3.96. The highest BCUT2D eigenvalue weighted by Gasteiger charge is 2.34. The summed E-state index contributed by atoms with van der Waals surface area (Å²) < 4.78 is 11.4. The van der Waals surface area contributed by atoms with Gasteiger partial charge in [-0.25, -0.2) is 0 Å². The molecule has 0 saturated heterocycles. The molecule has 0 aliphatic rings. The smallest absolute Gasteiger partial charge is 0.142 e. The van der Waals surface area contributed by atoms with Crippen molar-refractivity contribution >= 4 is 15.9 Å². The molecule has 0 radical (unpaired) electrons. The zero-order valence-electron chi connectivity index (χ0n) is 12.3. The number of benzene rings is 1. The van der Waals surface area contributed by atoms with Crippen LogP contribution < -0.4 is 9.47 Å². The van der Waals surface area contributed by atoms with Crippen LogP contribution in [-0.2, 0) is 0 Å². The zero-order chi connectivity index (χ0) is 14.8. The van der Waals surface area contributed by atoms with Crippen LogP contribution in [0.2, 0.25) is 0 Å². The third-order valence-corrected chi connectivity index (χ3v) is 4.38. The summed E-state index contributed by atoms with van der Waals surface area (Å²) >= 11 is 3.45. The van der Waals surface area contributed by atoms with Crippen molar-refractivity contribution in [1.29, 1.82) is 0 Å². The Morgan fingerprint density at radius 2 is 1.79 bits per heavy atom. The molecule has 0 fully saturated rings. The molecule has 1 unspecified atom stereocenters. The summed E-state index contributed by atoms with van der Waals surface area (Å²) in [5, 5.41) is 10.6. The molecule has 1 rings (SSSR count). The summed E-state index contributed by atoms with van der Waals surface area (Å²) in [6.07, 6.45) is -0.681. The molecule has 1 N–H and O–H groups in total. The summed E-state index contributed by atoms with van der Waals surface area (Å²) in [7, 11) is 7.06. The van der Waals surface area contributed by atoms with Crippen molar-refractivity contribution < 1.29 is 14.6 Å². The quantitative estimate of drug-likeness (QED) is 0.900. The molecule has 4 nitrogen and oxygen atoms in total. The van der Waals surface area contributed by atoms with Gasteiger partial charge in [-0.1, -0.05) is 0 Å². The van der Waals surface area contributed by atoms with Crippen molar-refractivity contribution in [2.75, 3.05) is 28.3 Å². The first-order valence-electron chi connectivity index (χ1n) is 6.03. The van der Waals surface area contributed by atoms with Crippen molar-refractivity contribution in [3.8, 4) is 11.5 Å². The van der Waals surface area contributed by atoms with Gasteiger partial charge in [0, 0.05) is 11.1 Å². The molecule has 0 heterocycles. The van der Waals surface area contributed by atoms with E-state index in [9.17, 15) is 5.11 Å². The topological polar surface area (TPSA) is 41.9 Å². The average molecular weight is 332 g/mol. The van der Waals surface area contributed by atoms with Crippen LogP contribution in [0.1, 0.15) is 25.5 Å². The first-order valence-corrected chi connectivity index (χ1v) is 6.82. The number of likely N-dealkylation sites (N-methyl/N-ethyl adjacent to an activating group) is 1. The second-order valence-electron chi connectivity index (χ2n) is 5.15. The molecule has 5 heteroatoms. The zero-order valence-corrected chi connectivity index (χ0v) is 13.9. The lowest BCUT2D eigenvalue weighted by atomic mass is 9.89. The predicted molar refractivity (Wildman–Crippen MR) is 80.0 cm³/mol. The standard InChI is InChI=1S/C14H22BrNO3/c1-14(2,16(3)4)13(17)9-7-8-10(18-5)11(15)12(9)19-6/h7-8,13,17H,1-6H3. The van der Waals surface area contributed by atoms with Crippen LogP contribution in [0.25, 0.3) is 0 Å². The van der Waals surface area contributed by atoms with Gasteiger partial charge in [0.1, 0.15) is 22.1 Å². The van der Waals surface area contributed by atoms with Gasteiger partial charge in [0.25, 0.3) is 0 Å². The minimum Gasteiger partial charge on any atom is -0.495 e. The van der Waals surface area contributed by atoms with Crippen molar-refractivity contribution in [2.45, 2.75) is 25.5 Å². The number of ether oxygens (including phenoxy) is 2. The van der Waals surface area contributed by atoms with Gasteiger partial charge in [-0.2, -0.15) is 0 Å². The fraction of sp³-hybridized carbons (Fsp3) is 0.571. The molecular weight excluding hydrogens is 310 g/mol. The Bertz CT molecular complexity index is 447. The Labute approximate surface area is 123 Å². The minimum absolute atomic E-state index is 0.415. The van der Waals surface area contributed by atoms with Gasteiger partial charge < -0.3 is 19.5 Å². The van der Waals surface area contributed by atoms with Gasteiger partial charge in [0.05, 0.1) is 14.2 Å². The van der Waals surface area contributed by atoms with Gasteiger partial charge in [0.2, 0.25) is 0 Å². The fourth-order valence-electron chi connectivity index (χ4n) is 1.76. The second kappa shape index (κ2) is 6.11. The molecule has 0 spiro atoms. The Morgan fingerprint density at radius 1 is 1.21 bits per heavy atom. The van der Waals surface area contributed by atoms with Gasteiger partial charge in [-0.05, 0) is 56.0 Å². The average Bonchev–Trinajstić information content (AvgIpc) is 2.37. The Balaban J connectivity index is 3.32. The molecule has 1 atom stereocenters. The van der Waals surface area contributed by atoms with Crippen LogP contribution in [0.5, 0.6) is 11.5 Å². The van der Waals surface area contributed by atoms with Crippen LogP contribution in [0.15, 0.2) is 16.6 Å². The van der Waals surface area contributed by atoms with E-state index in [1.165, 1.54) is 0 Å². The number of hydrogen-bond donors (Lipinski definition) is 1. The van der Waals surface area contributed by atoms with Crippen molar-refractivity contribution in [3.05, 3.63) is 22.2 Å². The van der Waals surface area contributed by atoms with E-state index in [1.807, 2.05) is 45.0 Å². The monoisotopic (exact) mass is 331 g/mol. The Hall–Kier alpha value is -0.780. The van der Waals surface area contributed by atoms with E-state index in [1.54, 1.807) is 14.2 Å². The molecule has 0 bridgehead atoms. The number of aliphatic hydroxyl groups is 1. The molecule has 1 aromatic rings. The molecule has 0 aliphatic carbocycles. The minimum atomic E-state index is -0.681. The summed E-state index contributed by atoms with van der Waals surface area (Å²) in [5.41, 5.74) is 0.315. The van der Waals surface area contributed by atoms with E-state index >= 15 is 0 Å². The Kier molecular flexibility index (Phi) is 5.24. The van der Waals surface area contributed by atoms with Gasteiger partial charge >= 0.3 is 0 Å². The lowest BCUT2D eigenvalue weighted by Crippen LogP contribution is -2.43. The third kappa shape index (κ3) is 3.04. The normalized spacial score (nSPS) is 13.5. The molecule has 0 saturated carbocycles. The largest absolute Gasteiger partial charge is 0.495 e. The number of methoxy groups -OCH3 is 2. The van der Waals surface area contributed by atoms with Crippen LogP contribution in [0.3, 0.4) is 0 Å². The number of hydrogen-bond acceptors (Lipinski definition) is 4. The lowest BCUT2D eigenvalue weighted by Gasteiger charge is -2.37. The second-order valence-corrected chi connectivity index (χ2v) is 5.95. The maximum Gasteiger partial charge on any atom is 0.142 e. The molecule has 0 aromatic heterocycles. The number of nitrogens with zero attached hydrogens (tertiary/aromatic N) is 1. The van der Waals surface area contributed by atoms with Crippen molar-refractivity contribution in [2.24, 2.45) is 0 Å². The van der Waals surface area contributed by atoms with Crippen LogP contribution in [0.4, 0.5) is 0 Å². The fourth-order valence-corrected chi connectivity index (χ4v) is 2.44. The van der Waals surface area contributed by atoms with E-state index < -0.39 is 11.6 Å². The summed E-state index contributed by atoms with van der Waals surface area (Å²) in [4.78, 5) is 1.98. The molecule has 19 heavy (non-hydrogen) atoms. The Morgan fingerprint density at radius 3 is 2.21 bits per heavy atom. The first-order chi connectivity index (χ1) is 8.77. The molecule has 0 aliphatic heterocycles. The van der Waals surface area contributed by atoms with Gasteiger partial charge in [-0.3, -0.25) is 0 Å². The molecule has 1 aromatic carbocycles. The maximum atomic E-state index is 10.6. The number of rotatable bonds is 5. The van der Waals surface area contributed by atoms with Crippen molar-refractivity contribution in [1.82, 2.24) is 4.90 Å². The van der Waals surface area contributed by atoms with Crippen LogP contribution in [-0.4, -0.2) is 43.9 Å². The van der Waals surface area contributed by atoms with E-state index in [4.69, 9.17) is 9.47 Å². The van der Waals surface area contributed by atoms with Crippen LogP contribution in [0, 0.1) is 0 Å². The maximum absolute atomic E-state index is 10.6. The first kappa shape index (κ1) is 16.3. The SMILES string of the molecule is COc1ccc(C(O)C(C)(C)N(C)C)c(OC)c1Br. The summed E-state index contributed by atoms with van der Waals surface area (Å²) in [6, 6.07) is 3.65. The number of halogens is 1. The van der Waals surface area contributed by atoms with Gasteiger partial charge in [0.15, 0.2) is 0 Å². The van der Waals surface area contributed by atoms with E-state index in [0.29, 0.717) is 16.0 Å². The van der Waals surface area contributed by atoms with E-state index in [-0.39, 0.29) is 0 Å². The predicted octanol–water partition coefficient (Wildman–Crippen LogP) is 2.84. The highest BCUT2D eigenvalue weighted by Crippen LogP contribution is 2.42. The highest BCUT2D eigenvalue weighted by atomic mass is 79.9. The van der Waals surface area contributed by atoms with E-state index in [2.05, 4.69) is 15.9 Å². The summed E-state index contributed by atoms with van der Waals surface area (Å²) in [5.74, 6) is 1.28. The molecule has 0 amide bonds. The van der Waals surface area contributed by atoms with E-state index in [0.717, 1.165) is 5.56 Å². The molecule has 108 valence electrons. The van der Waals surface area contributed by atoms with Gasteiger partial charge in [-0.15, -0.1) is 0 Å². The number of aliphatic hydroxyl groups excluding tert-OH is 1. The molecular formula is C14H22BrNO3. The van der Waals surface area contributed by atoms with Crippen LogP contribution >= 0.6 is 15.9 Å². The lowest BCUT2D eigenvalue weighted by molar-refractivity contribution is 0.0149. The third-order valence-electron chi connectivity index (χ3n) is 3.63. The highest BCUT2D eigenvalue weighted by molar-refractivity contribution is 9.10.